The fourth-order valence-electron chi connectivity index (χ4n) is 1.74. The summed E-state index contributed by atoms with van der Waals surface area (Å²) in [7, 11) is 1.54. The number of aliphatic hydroxyl groups is 1. The summed E-state index contributed by atoms with van der Waals surface area (Å²) in [6, 6.07) is 3.88. The molecule has 114 valence electrons. The smallest absolute Gasteiger partial charge is 0.314 e. The number of methoxy groups -OCH3 is 1. The first kappa shape index (κ1) is 16.9. The molecule has 1 rings (SSSR count). The summed E-state index contributed by atoms with van der Waals surface area (Å²) in [4.78, 5) is 12.9. The molecule has 3 N–H and O–H groups in total. The Morgan fingerprint density at radius 1 is 1.50 bits per heavy atom. The molecular formula is C14H24N2O3S. The summed E-state index contributed by atoms with van der Waals surface area (Å²) < 4.78 is 4.82. The number of nitrogens with one attached hydrogen (secondary N) is 2. The first-order valence-corrected chi connectivity index (χ1v) is 7.56. The van der Waals surface area contributed by atoms with E-state index >= 15 is 0 Å². The predicted octanol–water partition coefficient (Wildman–Crippen LogP) is 1.72. The van der Waals surface area contributed by atoms with Crippen LogP contribution < -0.4 is 10.6 Å². The standard InChI is InChI=1S/C14H24N2O3S/c1-14(2,12-5-4-8-20-12)10-16-13(18)15-7-6-11(17)9-19-3/h4-5,8,11,17H,6-7,9-10H2,1-3H3,(H2,15,16,18). The van der Waals surface area contributed by atoms with E-state index in [1.165, 1.54) is 12.0 Å². The molecule has 2 amide bonds. The van der Waals surface area contributed by atoms with Crippen molar-refractivity contribution in [1.82, 2.24) is 10.6 Å². The summed E-state index contributed by atoms with van der Waals surface area (Å²) in [6.45, 7) is 5.48. The number of aliphatic hydroxyl groups excluding tert-OH is 1. The number of ether oxygens (including phenoxy) is 1. The van der Waals surface area contributed by atoms with Crippen molar-refractivity contribution in [3.63, 3.8) is 0 Å². The highest BCUT2D eigenvalue weighted by Crippen LogP contribution is 2.26. The normalized spacial score (nSPS) is 13.0. The van der Waals surface area contributed by atoms with Crippen LogP contribution in [-0.4, -0.2) is 44.0 Å². The van der Waals surface area contributed by atoms with Crippen LogP contribution in [0.3, 0.4) is 0 Å². The van der Waals surface area contributed by atoms with Crippen LogP contribution in [0, 0.1) is 0 Å². The lowest BCUT2D eigenvalue weighted by Crippen LogP contribution is -2.42. The van der Waals surface area contributed by atoms with Gasteiger partial charge in [0.15, 0.2) is 0 Å². The molecule has 0 aliphatic heterocycles. The lowest BCUT2D eigenvalue weighted by Gasteiger charge is -2.23. The Bertz CT molecular complexity index is 393. The van der Waals surface area contributed by atoms with Crippen molar-refractivity contribution >= 4 is 17.4 Å². The Morgan fingerprint density at radius 2 is 2.25 bits per heavy atom. The van der Waals surface area contributed by atoms with Crippen LogP contribution >= 0.6 is 11.3 Å². The number of thiophene rings is 1. The largest absolute Gasteiger partial charge is 0.391 e. The second-order valence-corrected chi connectivity index (χ2v) is 6.32. The zero-order chi connectivity index (χ0) is 15.0. The number of urea groups is 1. The monoisotopic (exact) mass is 300 g/mol. The molecule has 0 bridgehead atoms. The van der Waals surface area contributed by atoms with Gasteiger partial charge in [0.1, 0.15) is 0 Å². The molecular weight excluding hydrogens is 276 g/mol. The minimum absolute atomic E-state index is 0.0823. The summed E-state index contributed by atoms with van der Waals surface area (Å²) >= 11 is 1.69. The molecule has 1 aromatic rings. The molecule has 20 heavy (non-hydrogen) atoms. The molecule has 0 saturated carbocycles. The van der Waals surface area contributed by atoms with Crippen LogP contribution in [0.1, 0.15) is 25.1 Å². The molecule has 0 fully saturated rings. The number of hydrogen-bond donors (Lipinski definition) is 3. The molecule has 1 aromatic heterocycles. The summed E-state index contributed by atoms with van der Waals surface area (Å²) in [5.41, 5.74) is -0.0823. The average Bonchev–Trinajstić information content (AvgIpc) is 2.91. The highest BCUT2D eigenvalue weighted by atomic mass is 32.1. The first-order valence-electron chi connectivity index (χ1n) is 6.68. The van der Waals surface area contributed by atoms with Crippen LogP contribution in [0.2, 0.25) is 0 Å². The van der Waals surface area contributed by atoms with E-state index in [0.29, 0.717) is 19.5 Å². The fraction of sp³-hybridized carbons (Fsp3) is 0.643. The number of rotatable bonds is 8. The van der Waals surface area contributed by atoms with Crippen molar-refractivity contribution < 1.29 is 14.6 Å². The maximum absolute atomic E-state index is 11.7. The van der Waals surface area contributed by atoms with E-state index in [1.54, 1.807) is 11.3 Å². The second-order valence-electron chi connectivity index (χ2n) is 5.37. The van der Waals surface area contributed by atoms with E-state index in [1.807, 2.05) is 11.4 Å². The second kappa shape index (κ2) is 8.24. The Kier molecular flexibility index (Phi) is 6.98. The van der Waals surface area contributed by atoms with Crippen LogP contribution in [0.15, 0.2) is 17.5 Å². The van der Waals surface area contributed by atoms with Gasteiger partial charge in [0.05, 0.1) is 12.7 Å². The Labute approximate surface area is 124 Å². The first-order chi connectivity index (χ1) is 9.45. The van der Waals surface area contributed by atoms with E-state index in [9.17, 15) is 9.90 Å². The summed E-state index contributed by atoms with van der Waals surface area (Å²) in [6.07, 6.45) is -0.0573. The van der Waals surface area contributed by atoms with Gasteiger partial charge in [0.2, 0.25) is 0 Å². The minimum Gasteiger partial charge on any atom is -0.391 e. The molecule has 1 heterocycles. The van der Waals surface area contributed by atoms with Gasteiger partial charge in [-0.05, 0) is 17.9 Å². The van der Waals surface area contributed by atoms with Crippen molar-refractivity contribution in [3.05, 3.63) is 22.4 Å². The third-order valence-corrected chi connectivity index (χ3v) is 4.24. The molecule has 0 aromatic carbocycles. The number of hydrogen-bond acceptors (Lipinski definition) is 4. The van der Waals surface area contributed by atoms with Gasteiger partial charge >= 0.3 is 6.03 Å². The molecule has 0 saturated heterocycles. The zero-order valence-corrected chi connectivity index (χ0v) is 13.1. The van der Waals surface area contributed by atoms with E-state index in [0.717, 1.165) is 0 Å². The van der Waals surface area contributed by atoms with Crippen molar-refractivity contribution in [3.8, 4) is 0 Å². The number of amides is 2. The lowest BCUT2D eigenvalue weighted by atomic mass is 9.91. The molecule has 0 radical (unpaired) electrons. The van der Waals surface area contributed by atoms with E-state index in [4.69, 9.17) is 4.74 Å². The maximum Gasteiger partial charge on any atom is 0.314 e. The van der Waals surface area contributed by atoms with E-state index in [2.05, 4.69) is 30.5 Å². The molecule has 1 atom stereocenters. The van der Waals surface area contributed by atoms with Crippen molar-refractivity contribution in [2.45, 2.75) is 31.8 Å². The van der Waals surface area contributed by atoms with E-state index < -0.39 is 6.10 Å². The van der Waals surface area contributed by atoms with Crippen molar-refractivity contribution in [2.75, 3.05) is 26.8 Å². The summed E-state index contributed by atoms with van der Waals surface area (Å²) in [5, 5.41) is 17.1. The van der Waals surface area contributed by atoms with Gasteiger partial charge in [-0.25, -0.2) is 4.79 Å². The maximum atomic E-state index is 11.7. The number of carbonyl (C=O) groups excluding carboxylic acids is 1. The Morgan fingerprint density at radius 3 is 2.85 bits per heavy atom. The fourth-order valence-corrected chi connectivity index (χ4v) is 2.59. The van der Waals surface area contributed by atoms with Gasteiger partial charge in [-0.2, -0.15) is 0 Å². The highest BCUT2D eigenvalue weighted by Gasteiger charge is 2.22. The zero-order valence-electron chi connectivity index (χ0n) is 12.3. The molecule has 1 unspecified atom stereocenters. The highest BCUT2D eigenvalue weighted by molar-refractivity contribution is 7.10. The van der Waals surface area contributed by atoms with Crippen LogP contribution in [-0.2, 0) is 10.2 Å². The average molecular weight is 300 g/mol. The van der Waals surface area contributed by atoms with Gasteiger partial charge in [-0.3, -0.25) is 0 Å². The van der Waals surface area contributed by atoms with Gasteiger partial charge in [-0.15, -0.1) is 11.3 Å². The van der Waals surface area contributed by atoms with Gasteiger partial charge in [0, 0.05) is 30.5 Å². The summed E-state index contributed by atoms with van der Waals surface area (Å²) in [5.74, 6) is 0. The third kappa shape index (κ3) is 5.90. The van der Waals surface area contributed by atoms with Gasteiger partial charge in [0.25, 0.3) is 0 Å². The topological polar surface area (TPSA) is 70.6 Å². The molecule has 6 heteroatoms. The van der Waals surface area contributed by atoms with Crippen molar-refractivity contribution in [1.29, 1.82) is 0 Å². The Hall–Kier alpha value is -1.11. The van der Waals surface area contributed by atoms with E-state index in [-0.39, 0.29) is 18.1 Å². The third-order valence-electron chi connectivity index (χ3n) is 3.00. The van der Waals surface area contributed by atoms with Crippen molar-refractivity contribution in [2.24, 2.45) is 0 Å². The molecule has 5 nitrogen and oxygen atoms in total. The lowest BCUT2D eigenvalue weighted by molar-refractivity contribution is 0.0598. The number of carbonyl (C=O) groups is 1. The molecule has 0 spiro atoms. The van der Waals surface area contributed by atoms with Crippen LogP contribution in [0.4, 0.5) is 4.79 Å². The van der Waals surface area contributed by atoms with Crippen LogP contribution in [0.5, 0.6) is 0 Å². The quantitative estimate of drug-likeness (QED) is 0.684. The minimum atomic E-state index is -0.539. The SMILES string of the molecule is COCC(O)CCNC(=O)NCC(C)(C)c1cccs1. The molecule has 0 aliphatic carbocycles. The predicted molar refractivity (Wildman–Crippen MR) is 81.2 cm³/mol. The van der Waals surface area contributed by atoms with Gasteiger partial charge in [-0.1, -0.05) is 19.9 Å². The van der Waals surface area contributed by atoms with Gasteiger partial charge < -0.3 is 20.5 Å². The van der Waals surface area contributed by atoms with Crippen LogP contribution in [0.25, 0.3) is 0 Å². The Balaban J connectivity index is 2.23. The molecule has 0 aliphatic rings.